The van der Waals surface area contributed by atoms with Crippen LogP contribution in [0.3, 0.4) is 0 Å². The first-order valence-corrected chi connectivity index (χ1v) is 8.29. The lowest BCUT2D eigenvalue weighted by molar-refractivity contribution is 0.255. The van der Waals surface area contributed by atoms with Crippen LogP contribution in [-0.2, 0) is 0 Å². The molecular weight excluding hydrogens is 304 g/mol. The van der Waals surface area contributed by atoms with Crippen LogP contribution in [0.25, 0.3) is 0 Å². The van der Waals surface area contributed by atoms with E-state index in [2.05, 4.69) is 32.3 Å². The van der Waals surface area contributed by atoms with Gasteiger partial charge in [-0.05, 0) is 43.6 Å². The van der Waals surface area contributed by atoms with Crippen molar-refractivity contribution in [3.8, 4) is 11.6 Å². The van der Waals surface area contributed by atoms with Crippen molar-refractivity contribution in [3.63, 3.8) is 0 Å². The highest BCUT2D eigenvalue weighted by Crippen LogP contribution is 2.27. The number of ether oxygens (including phenoxy) is 2. The zero-order chi connectivity index (χ0) is 16.8. The fourth-order valence-electron chi connectivity index (χ4n) is 3.07. The molecule has 1 saturated heterocycles. The second kappa shape index (κ2) is 7.97. The van der Waals surface area contributed by atoms with Gasteiger partial charge in [0.15, 0.2) is 0 Å². The molecule has 2 aromatic rings. The molecule has 1 aliphatic rings. The summed E-state index contributed by atoms with van der Waals surface area (Å²) in [5.41, 5.74) is 1.27. The molecule has 0 spiro atoms. The van der Waals surface area contributed by atoms with Crippen LogP contribution in [0.2, 0.25) is 0 Å². The van der Waals surface area contributed by atoms with E-state index in [9.17, 15) is 0 Å². The molecule has 128 valence electrons. The van der Waals surface area contributed by atoms with E-state index in [0.717, 1.165) is 25.4 Å². The van der Waals surface area contributed by atoms with Gasteiger partial charge in [0.2, 0.25) is 11.8 Å². The lowest BCUT2D eigenvalue weighted by Crippen LogP contribution is -2.31. The Hall–Kier alpha value is -2.34. The van der Waals surface area contributed by atoms with E-state index >= 15 is 0 Å². The molecule has 0 bridgehead atoms. The second-order valence-corrected chi connectivity index (χ2v) is 5.84. The van der Waals surface area contributed by atoms with E-state index in [4.69, 9.17) is 9.47 Å². The third kappa shape index (κ3) is 3.94. The van der Waals surface area contributed by atoms with Gasteiger partial charge < -0.3 is 14.8 Å². The quantitative estimate of drug-likeness (QED) is 0.843. The van der Waals surface area contributed by atoms with E-state index in [0.29, 0.717) is 11.8 Å². The average molecular weight is 328 g/mol. The summed E-state index contributed by atoms with van der Waals surface area (Å²) >= 11 is 0. The number of anilines is 1. The molecular formula is C18H24N4O2. The number of benzene rings is 1. The fraction of sp³-hybridized carbons (Fsp3) is 0.444. The van der Waals surface area contributed by atoms with Gasteiger partial charge in [-0.3, -0.25) is 4.90 Å². The molecule has 1 fully saturated rings. The summed E-state index contributed by atoms with van der Waals surface area (Å²) in [7, 11) is 3.30. The van der Waals surface area contributed by atoms with Crippen molar-refractivity contribution in [2.24, 2.45) is 0 Å². The monoisotopic (exact) mass is 328 g/mol. The molecule has 1 aromatic carbocycles. The standard InChI is InChI=1S/C18H24N4O2/c1-23-15-7-5-14(6-8-15)16(22-11-3-4-12-22)13-20-18-19-10-9-17(21-18)24-2/h5-10,16H,3-4,11-13H2,1-2H3,(H,19,20,21). The second-order valence-electron chi connectivity index (χ2n) is 5.84. The van der Waals surface area contributed by atoms with E-state index in [-0.39, 0.29) is 6.04 Å². The van der Waals surface area contributed by atoms with Gasteiger partial charge in [0.1, 0.15) is 5.75 Å². The number of methoxy groups -OCH3 is 2. The lowest BCUT2D eigenvalue weighted by atomic mass is 10.1. The summed E-state index contributed by atoms with van der Waals surface area (Å²) in [6.07, 6.45) is 4.21. The zero-order valence-corrected chi connectivity index (χ0v) is 14.2. The van der Waals surface area contributed by atoms with Crippen LogP contribution in [0, 0.1) is 0 Å². The van der Waals surface area contributed by atoms with E-state index in [1.165, 1.54) is 18.4 Å². The van der Waals surface area contributed by atoms with Gasteiger partial charge in [0, 0.05) is 18.8 Å². The summed E-state index contributed by atoms with van der Waals surface area (Å²) < 4.78 is 10.4. The molecule has 0 amide bonds. The van der Waals surface area contributed by atoms with Crippen LogP contribution in [0.5, 0.6) is 11.6 Å². The Morgan fingerprint density at radius 1 is 1.08 bits per heavy atom. The summed E-state index contributed by atoms with van der Waals surface area (Å²) in [4.78, 5) is 11.1. The molecule has 3 rings (SSSR count). The minimum Gasteiger partial charge on any atom is -0.497 e. The maximum Gasteiger partial charge on any atom is 0.226 e. The number of aromatic nitrogens is 2. The third-order valence-electron chi connectivity index (χ3n) is 4.37. The summed E-state index contributed by atoms with van der Waals surface area (Å²) in [6, 6.07) is 10.3. The Morgan fingerprint density at radius 2 is 1.83 bits per heavy atom. The topological polar surface area (TPSA) is 59.5 Å². The van der Waals surface area contributed by atoms with Crippen LogP contribution in [0.15, 0.2) is 36.5 Å². The van der Waals surface area contributed by atoms with Crippen LogP contribution in [0.1, 0.15) is 24.4 Å². The fourth-order valence-corrected chi connectivity index (χ4v) is 3.07. The first-order valence-electron chi connectivity index (χ1n) is 8.29. The average Bonchev–Trinajstić information content (AvgIpc) is 3.17. The van der Waals surface area contributed by atoms with Crippen molar-refractivity contribution >= 4 is 5.95 Å². The molecule has 1 unspecified atom stereocenters. The van der Waals surface area contributed by atoms with Crippen molar-refractivity contribution in [2.45, 2.75) is 18.9 Å². The highest BCUT2D eigenvalue weighted by atomic mass is 16.5. The molecule has 0 radical (unpaired) electrons. The van der Waals surface area contributed by atoms with Crippen LogP contribution < -0.4 is 14.8 Å². The molecule has 1 aromatic heterocycles. The van der Waals surface area contributed by atoms with Gasteiger partial charge in [-0.1, -0.05) is 12.1 Å². The third-order valence-corrected chi connectivity index (χ3v) is 4.37. The predicted octanol–water partition coefficient (Wildman–Crippen LogP) is 2.74. The van der Waals surface area contributed by atoms with Gasteiger partial charge in [0.05, 0.1) is 20.3 Å². The molecule has 1 atom stereocenters. The first-order chi connectivity index (χ1) is 11.8. The Bertz CT molecular complexity index is 642. The number of hydrogen-bond donors (Lipinski definition) is 1. The predicted molar refractivity (Wildman–Crippen MR) is 93.6 cm³/mol. The molecule has 0 saturated carbocycles. The number of nitrogens with zero attached hydrogens (tertiary/aromatic N) is 3. The number of likely N-dealkylation sites (tertiary alicyclic amines) is 1. The maximum atomic E-state index is 5.27. The van der Waals surface area contributed by atoms with Crippen LogP contribution >= 0.6 is 0 Å². The van der Waals surface area contributed by atoms with E-state index in [1.807, 2.05) is 12.1 Å². The number of rotatable bonds is 7. The van der Waals surface area contributed by atoms with Crippen molar-refractivity contribution < 1.29 is 9.47 Å². The zero-order valence-electron chi connectivity index (χ0n) is 14.2. The molecule has 6 nitrogen and oxygen atoms in total. The number of nitrogens with one attached hydrogen (secondary N) is 1. The molecule has 0 aliphatic carbocycles. The van der Waals surface area contributed by atoms with Crippen molar-refractivity contribution in [2.75, 3.05) is 39.2 Å². The molecule has 6 heteroatoms. The number of hydrogen-bond acceptors (Lipinski definition) is 6. The van der Waals surface area contributed by atoms with Gasteiger partial charge in [0.25, 0.3) is 0 Å². The Morgan fingerprint density at radius 3 is 2.50 bits per heavy atom. The van der Waals surface area contributed by atoms with Crippen molar-refractivity contribution in [1.29, 1.82) is 0 Å². The Kier molecular flexibility index (Phi) is 5.48. The van der Waals surface area contributed by atoms with E-state index < -0.39 is 0 Å². The summed E-state index contributed by atoms with van der Waals surface area (Å²) in [5, 5.41) is 3.35. The van der Waals surface area contributed by atoms with Gasteiger partial charge in [-0.25, -0.2) is 4.98 Å². The van der Waals surface area contributed by atoms with Crippen LogP contribution in [0.4, 0.5) is 5.95 Å². The highest BCUT2D eigenvalue weighted by Gasteiger charge is 2.23. The Balaban J connectivity index is 1.74. The Labute approximate surface area is 142 Å². The maximum absolute atomic E-state index is 5.27. The summed E-state index contributed by atoms with van der Waals surface area (Å²) in [6.45, 7) is 2.99. The largest absolute Gasteiger partial charge is 0.497 e. The van der Waals surface area contributed by atoms with Crippen LogP contribution in [-0.4, -0.2) is 48.7 Å². The molecule has 1 N–H and O–H groups in total. The first kappa shape index (κ1) is 16.5. The van der Waals surface area contributed by atoms with Gasteiger partial charge in [-0.15, -0.1) is 0 Å². The van der Waals surface area contributed by atoms with Crippen molar-refractivity contribution in [1.82, 2.24) is 14.9 Å². The normalized spacial score (nSPS) is 15.9. The minimum atomic E-state index is 0.285. The molecule has 24 heavy (non-hydrogen) atoms. The van der Waals surface area contributed by atoms with Gasteiger partial charge in [-0.2, -0.15) is 4.98 Å². The SMILES string of the molecule is COc1ccc(C(CNc2nccc(OC)n2)N2CCCC2)cc1. The highest BCUT2D eigenvalue weighted by molar-refractivity contribution is 5.32. The summed E-state index contributed by atoms with van der Waals surface area (Å²) in [5.74, 6) is 2.03. The van der Waals surface area contributed by atoms with Crippen molar-refractivity contribution in [3.05, 3.63) is 42.1 Å². The lowest BCUT2D eigenvalue weighted by Gasteiger charge is -2.28. The van der Waals surface area contributed by atoms with Gasteiger partial charge >= 0.3 is 0 Å². The minimum absolute atomic E-state index is 0.285. The molecule has 2 heterocycles. The smallest absolute Gasteiger partial charge is 0.226 e. The van der Waals surface area contributed by atoms with E-state index in [1.54, 1.807) is 26.5 Å². The molecule has 1 aliphatic heterocycles.